The van der Waals surface area contributed by atoms with Crippen LogP contribution in [0.2, 0.25) is 69.3 Å². The fraction of sp³-hybridized carbons (Fsp3) is 1.00. The molecule has 0 bridgehead atoms. The molecule has 0 atom stereocenters. The Hall–Kier alpha value is 0.748. The van der Waals surface area contributed by atoms with E-state index in [1.165, 1.54) is 57.8 Å². The Morgan fingerprint density at radius 1 is 0.452 bits per heavy atom. The van der Waals surface area contributed by atoms with Crippen molar-refractivity contribution in [2.24, 2.45) is 0 Å². The lowest BCUT2D eigenvalue weighted by Crippen LogP contribution is -2.65. The summed E-state index contributed by atoms with van der Waals surface area (Å²) in [6.07, 6.45) is 13.7. The van der Waals surface area contributed by atoms with Gasteiger partial charge >= 0.3 is 8.80 Å². The van der Waals surface area contributed by atoms with Crippen molar-refractivity contribution in [1.82, 2.24) is 0 Å². The third kappa shape index (κ3) is 9.13. The Morgan fingerprint density at radius 2 is 0.742 bits per heavy atom. The molecule has 0 aliphatic rings. The van der Waals surface area contributed by atoms with Gasteiger partial charge in [-0.1, -0.05) is 117 Å². The molecule has 188 valence electrons. The molecule has 0 aromatic rings. The Labute approximate surface area is 200 Å². The van der Waals surface area contributed by atoms with Crippen LogP contribution in [0.25, 0.3) is 0 Å². The minimum atomic E-state index is -2.36. The fourth-order valence-corrected chi connectivity index (χ4v) is 38.6. The molecular formula is C24H58O3Si4. The van der Waals surface area contributed by atoms with Crippen LogP contribution in [0.1, 0.15) is 64.2 Å². The minimum absolute atomic E-state index is 0.734. The number of hydrogen-bond donors (Lipinski definition) is 0. The maximum absolute atomic E-state index is 5.51. The lowest BCUT2D eigenvalue weighted by molar-refractivity contribution is 0.122. The van der Waals surface area contributed by atoms with Gasteiger partial charge in [0.15, 0.2) is 0 Å². The minimum Gasteiger partial charge on any atom is -0.377 e. The summed E-state index contributed by atoms with van der Waals surface area (Å²) in [5.41, 5.74) is 0. The highest BCUT2D eigenvalue weighted by Gasteiger charge is 2.58. The maximum Gasteiger partial charge on any atom is 0.500 e. The largest absolute Gasteiger partial charge is 0.500 e. The van der Waals surface area contributed by atoms with Gasteiger partial charge in [0.2, 0.25) is 0 Å². The smallest absolute Gasteiger partial charge is 0.377 e. The molecule has 3 nitrogen and oxygen atoms in total. The first-order valence-corrected chi connectivity index (χ1v) is 25.2. The summed E-state index contributed by atoms with van der Waals surface area (Å²) >= 11 is 0. The maximum atomic E-state index is 5.51. The molecule has 0 aliphatic carbocycles. The standard InChI is InChI=1S/C24H58O3Si4/c1-25-31(26-2,27-3)23-21-19-17-15-13-14-16-18-20-22-24(28(4,5)6,29(7,8)9)30(10,11)12/h13-23H2,1-12H3. The van der Waals surface area contributed by atoms with Gasteiger partial charge in [-0.25, -0.2) is 0 Å². The second-order valence-corrected chi connectivity index (χ2v) is 33.3. The molecule has 0 aromatic carbocycles. The lowest BCUT2D eigenvalue weighted by atomic mass is 10.1. The molecule has 0 amide bonds. The van der Waals surface area contributed by atoms with Crippen LogP contribution in [0.15, 0.2) is 0 Å². The van der Waals surface area contributed by atoms with E-state index in [0.29, 0.717) is 0 Å². The van der Waals surface area contributed by atoms with Gasteiger partial charge in [0.05, 0.1) is 0 Å². The van der Waals surface area contributed by atoms with Crippen LogP contribution in [-0.2, 0) is 13.3 Å². The summed E-state index contributed by atoms with van der Waals surface area (Å²) in [6, 6.07) is 0.934. The second kappa shape index (κ2) is 13.6. The molecule has 0 aromatic heterocycles. The summed E-state index contributed by atoms with van der Waals surface area (Å²) in [5, 5.41) is 0. The van der Waals surface area contributed by atoms with Gasteiger partial charge in [-0.15, -0.1) is 0 Å². The number of unbranched alkanes of at least 4 members (excludes halogenated alkanes) is 8. The fourth-order valence-electron chi connectivity index (χ4n) is 7.03. The van der Waals surface area contributed by atoms with Crippen molar-refractivity contribution in [1.29, 1.82) is 0 Å². The topological polar surface area (TPSA) is 27.7 Å². The molecule has 0 saturated carbocycles. The van der Waals surface area contributed by atoms with Crippen LogP contribution >= 0.6 is 0 Å². The summed E-state index contributed by atoms with van der Waals surface area (Å²) in [5.74, 6) is 0. The van der Waals surface area contributed by atoms with Gasteiger partial charge in [-0.2, -0.15) is 0 Å². The average molecular weight is 507 g/mol. The first kappa shape index (κ1) is 31.7. The van der Waals surface area contributed by atoms with E-state index in [-0.39, 0.29) is 0 Å². The Bertz CT molecular complexity index is 430. The molecular weight excluding hydrogens is 449 g/mol. The van der Waals surface area contributed by atoms with Gasteiger partial charge < -0.3 is 13.3 Å². The van der Waals surface area contributed by atoms with Gasteiger partial charge in [0.25, 0.3) is 0 Å². The van der Waals surface area contributed by atoms with E-state index in [1.54, 1.807) is 21.3 Å². The molecule has 31 heavy (non-hydrogen) atoms. The van der Waals surface area contributed by atoms with Crippen molar-refractivity contribution >= 4 is 33.0 Å². The van der Waals surface area contributed by atoms with E-state index in [4.69, 9.17) is 13.3 Å². The Balaban J connectivity index is 4.26. The molecule has 0 saturated heterocycles. The monoisotopic (exact) mass is 506 g/mol. The predicted octanol–water partition coefficient (Wildman–Crippen LogP) is 8.60. The molecule has 7 heteroatoms. The highest BCUT2D eigenvalue weighted by molar-refractivity contribution is 7.15. The first-order valence-electron chi connectivity index (χ1n) is 12.8. The van der Waals surface area contributed by atoms with Crippen LogP contribution in [0.4, 0.5) is 0 Å². The van der Waals surface area contributed by atoms with Gasteiger partial charge in [-0.3, -0.25) is 0 Å². The van der Waals surface area contributed by atoms with Crippen molar-refractivity contribution < 1.29 is 13.3 Å². The highest BCUT2D eigenvalue weighted by Crippen LogP contribution is 2.57. The number of rotatable bonds is 18. The molecule has 0 N–H and O–H groups in total. The van der Waals surface area contributed by atoms with Crippen molar-refractivity contribution in [3.05, 3.63) is 0 Å². The molecule has 0 spiro atoms. The summed E-state index contributed by atoms with van der Waals surface area (Å²) in [6.45, 7) is 24.0. The molecule has 0 rings (SSSR count). The predicted molar refractivity (Wildman–Crippen MR) is 150 cm³/mol. The third-order valence-electron chi connectivity index (χ3n) is 7.81. The first-order chi connectivity index (χ1) is 14.1. The summed E-state index contributed by atoms with van der Waals surface area (Å²) in [7, 11) is -0.903. The summed E-state index contributed by atoms with van der Waals surface area (Å²) < 4.78 is 17.3. The molecule has 0 heterocycles. The van der Waals surface area contributed by atoms with Crippen molar-refractivity contribution in [2.75, 3.05) is 21.3 Å². The third-order valence-corrected chi connectivity index (χ3v) is 32.6. The van der Waals surface area contributed by atoms with E-state index >= 15 is 0 Å². The van der Waals surface area contributed by atoms with Crippen molar-refractivity contribution in [2.45, 2.75) is 133 Å². The summed E-state index contributed by atoms with van der Waals surface area (Å²) in [4.78, 5) is 0. The molecule has 0 radical (unpaired) electrons. The zero-order chi connectivity index (χ0) is 24.4. The quantitative estimate of drug-likeness (QED) is 0.137. The normalized spacial score (nSPS) is 14.3. The van der Waals surface area contributed by atoms with Crippen LogP contribution in [0, 0.1) is 0 Å². The zero-order valence-corrected chi connectivity index (χ0v) is 27.5. The van der Waals surface area contributed by atoms with E-state index < -0.39 is 33.0 Å². The van der Waals surface area contributed by atoms with Crippen LogP contribution in [0.5, 0.6) is 0 Å². The SMILES string of the molecule is CO[Si](CCCCCCCCCCCC([Si](C)(C)C)([Si](C)(C)C)[Si](C)(C)C)(OC)OC. The molecule has 0 aliphatic heterocycles. The molecule has 0 unspecified atom stereocenters. The average Bonchev–Trinajstić information content (AvgIpc) is 2.63. The zero-order valence-electron chi connectivity index (χ0n) is 23.5. The highest BCUT2D eigenvalue weighted by atomic mass is 28.5. The van der Waals surface area contributed by atoms with E-state index in [9.17, 15) is 0 Å². The van der Waals surface area contributed by atoms with Crippen LogP contribution < -0.4 is 0 Å². The van der Waals surface area contributed by atoms with Crippen LogP contribution in [0.3, 0.4) is 0 Å². The van der Waals surface area contributed by atoms with Gasteiger partial charge in [-0.05, 0) is 10.7 Å². The van der Waals surface area contributed by atoms with E-state index in [2.05, 4.69) is 58.9 Å². The number of hydrogen-bond acceptors (Lipinski definition) is 3. The Morgan fingerprint density at radius 3 is 1.03 bits per heavy atom. The lowest BCUT2D eigenvalue weighted by Gasteiger charge is -2.59. The van der Waals surface area contributed by atoms with Gasteiger partial charge in [0.1, 0.15) is 0 Å². The van der Waals surface area contributed by atoms with Crippen molar-refractivity contribution in [3.63, 3.8) is 0 Å². The molecule has 0 fully saturated rings. The van der Waals surface area contributed by atoms with E-state index in [1.807, 2.05) is 0 Å². The van der Waals surface area contributed by atoms with E-state index in [0.717, 1.165) is 16.7 Å². The Kier molecular flexibility index (Phi) is 13.9. The van der Waals surface area contributed by atoms with Crippen molar-refractivity contribution in [3.8, 4) is 0 Å². The second-order valence-electron chi connectivity index (χ2n) is 12.6. The van der Waals surface area contributed by atoms with Crippen LogP contribution in [-0.4, -0.2) is 54.4 Å². The van der Waals surface area contributed by atoms with Gasteiger partial charge in [0, 0.05) is 51.6 Å².